The molecule has 0 aromatic carbocycles. The van der Waals surface area contributed by atoms with Crippen LogP contribution in [-0.4, -0.2) is 31.5 Å². The second-order valence-electron chi connectivity index (χ2n) is 4.31. The summed E-state index contributed by atoms with van der Waals surface area (Å²) in [4.78, 5) is 0. The Bertz CT molecular complexity index is 180. The van der Waals surface area contributed by atoms with E-state index in [0.29, 0.717) is 5.92 Å². The highest BCUT2D eigenvalue weighted by Crippen LogP contribution is 2.37. The first-order chi connectivity index (χ1) is 6.23. The lowest BCUT2D eigenvalue weighted by molar-refractivity contribution is -0.0749. The summed E-state index contributed by atoms with van der Waals surface area (Å²) < 4.78 is 11.2. The van der Waals surface area contributed by atoms with Crippen LogP contribution in [0.3, 0.4) is 0 Å². The van der Waals surface area contributed by atoms with Gasteiger partial charge in [0.05, 0.1) is 5.60 Å². The highest BCUT2D eigenvalue weighted by atomic mass is 16.5. The maximum atomic E-state index is 6.08. The van der Waals surface area contributed by atoms with Gasteiger partial charge in [0.1, 0.15) is 0 Å². The van der Waals surface area contributed by atoms with Crippen LogP contribution in [0.2, 0.25) is 0 Å². The Morgan fingerprint density at radius 3 is 2.38 bits per heavy atom. The summed E-state index contributed by atoms with van der Waals surface area (Å²) in [7, 11) is 0. The van der Waals surface area contributed by atoms with Crippen molar-refractivity contribution in [3.63, 3.8) is 0 Å². The quantitative estimate of drug-likeness (QED) is 0.660. The summed E-state index contributed by atoms with van der Waals surface area (Å²) in [6.07, 6.45) is 3.21. The smallest absolute Gasteiger partial charge is 0.0835 e. The molecule has 0 amide bonds. The Morgan fingerprint density at radius 1 is 1.15 bits per heavy atom. The first-order valence-corrected chi connectivity index (χ1v) is 5.21. The lowest BCUT2D eigenvalue weighted by atomic mass is 9.79. The molecule has 0 saturated carbocycles. The average Bonchev–Trinajstić information content (AvgIpc) is 2.50. The number of hydrogen-bond donors (Lipinski definition) is 1. The molecule has 2 fully saturated rings. The standard InChI is InChI=1S/C10H19NO2/c1-10(9(11)4-7-13-10)8-2-5-12-6-3-8/h8-9H,2-7,11H2,1H3. The maximum absolute atomic E-state index is 6.08. The van der Waals surface area contributed by atoms with Crippen LogP contribution >= 0.6 is 0 Å². The normalized spacial score (nSPS) is 42.5. The fourth-order valence-electron chi connectivity index (χ4n) is 2.49. The molecule has 2 aliphatic heterocycles. The molecule has 3 nitrogen and oxygen atoms in total. The van der Waals surface area contributed by atoms with E-state index in [4.69, 9.17) is 15.2 Å². The fraction of sp³-hybridized carbons (Fsp3) is 1.00. The minimum Gasteiger partial charge on any atom is -0.381 e. The number of nitrogens with two attached hydrogens (primary N) is 1. The number of rotatable bonds is 1. The molecule has 3 heteroatoms. The molecule has 2 heterocycles. The topological polar surface area (TPSA) is 44.5 Å². The third-order valence-electron chi connectivity index (χ3n) is 3.61. The van der Waals surface area contributed by atoms with Crippen molar-refractivity contribution in [2.75, 3.05) is 19.8 Å². The van der Waals surface area contributed by atoms with Gasteiger partial charge in [-0.15, -0.1) is 0 Å². The summed E-state index contributed by atoms with van der Waals surface area (Å²) in [5.41, 5.74) is 6.00. The SMILES string of the molecule is CC1(C2CCOCC2)OCCC1N. The van der Waals surface area contributed by atoms with Gasteiger partial charge in [-0.2, -0.15) is 0 Å². The largest absolute Gasteiger partial charge is 0.381 e. The van der Waals surface area contributed by atoms with Crippen molar-refractivity contribution in [1.29, 1.82) is 0 Å². The molecule has 0 bridgehead atoms. The predicted molar refractivity (Wildman–Crippen MR) is 50.5 cm³/mol. The molecule has 13 heavy (non-hydrogen) atoms. The zero-order valence-corrected chi connectivity index (χ0v) is 8.29. The summed E-state index contributed by atoms with van der Waals surface area (Å²) in [6, 6.07) is 0.218. The summed E-state index contributed by atoms with van der Waals surface area (Å²) in [5.74, 6) is 0.596. The van der Waals surface area contributed by atoms with Gasteiger partial charge in [0.25, 0.3) is 0 Å². The van der Waals surface area contributed by atoms with E-state index >= 15 is 0 Å². The van der Waals surface area contributed by atoms with Crippen molar-refractivity contribution in [3.05, 3.63) is 0 Å². The van der Waals surface area contributed by atoms with Gasteiger partial charge in [-0.1, -0.05) is 0 Å². The number of hydrogen-bond acceptors (Lipinski definition) is 3. The van der Waals surface area contributed by atoms with Crippen LogP contribution in [0.1, 0.15) is 26.2 Å². The summed E-state index contributed by atoms with van der Waals surface area (Å²) >= 11 is 0. The van der Waals surface area contributed by atoms with Crippen LogP contribution in [0.25, 0.3) is 0 Å². The Balaban J connectivity index is 2.03. The van der Waals surface area contributed by atoms with E-state index in [1.807, 2.05) is 0 Å². The van der Waals surface area contributed by atoms with Gasteiger partial charge >= 0.3 is 0 Å². The molecule has 2 saturated heterocycles. The molecule has 0 aromatic heterocycles. The third kappa shape index (κ3) is 1.60. The Kier molecular flexibility index (Phi) is 2.58. The molecule has 2 rings (SSSR count). The Morgan fingerprint density at radius 2 is 1.85 bits per heavy atom. The van der Waals surface area contributed by atoms with Gasteiger partial charge in [-0.3, -0.25) is 0 Å². The van der Waals surface area contributed by atoms with E-state index in [0.717, 1.165) is 39.1 Å². The minimum atomic E-state index is -0.0796. The first kappa shape index (κ1) is 9.44. The highest BCUT2D eigenvalue weighted by Gasteiger charge is 2.44. The van der Waals surface area contributed by atoms with Gasteiger partial charge < -0.3 is 15.2 Å². The molecular weight excluding hydrogens is 166 g/mol. The molecular formula is C10H19NO2. The van der Waals surface area contributed by atoms with Crippen LogP contribution in [0, 0.1) is 5.92 Å². The van der Waals surface area contributed by atoms with Crippen molar-refractivity contribution in [2.24, 2.45) is 11.7 Å². The van der Waals surface area contributed by atoms with E-state index < -0.39 is 0 Å². The van der Waals surface area contributed by atoms with Gasteiger partial charge in [0.15, 0.2) is 0 Å². The first-order valence-electron chi connectivity index (χ1n) is 5.21. The average molecular weight is 185 g/mol. The molecule has 76 valence electrons. The third-order valence-corrected chi connectivity index (χ3v) is 3.61. The molecule has 2 atom stereocenters. The van der Waals surface area contributed by atoms with Crippen LogP contribution in [0.15, 0.2) is 0 Å². The van der Waals surface area contributed by atoms with Crippen molar-refractivity contribution in [2.45, 2.75) is 37.8 Å². The second kappa shape index (κ2) is 3.56. The lowest BCUT2D eigenvalue weighted by Crippen LogP contribution is -2.49. The lowest BCUT2D eigenvalue weighted by Gasteiger charge is -2.38. The van der Waals surface area contributed by atoms with E-state index in [2.05, 4.69) is 6.92 Å². The molecule has 0 aromatic rings. The number of ether oxygens (including phenoxy) is 2. The summed E-state index contributed by atoms with van der Waals surface area (Å²) in [5, 5.41) is 0. The van der Waals surface area contributed by atoms with Gasteiger partial charge in [0.2, 0.25) is 0 Å². The Labute approximate surface area is 79.6 Å². The summed E-state index contributed by atoms with van der Waals surface area (Å²) in [6.45, 7) is 4.74. The molecule has 2 unspecified atom stereocenters. The van der Waals surface area contributed by atoms with Crippen molar-refractivity contribution in [1.82, 2.24) is 0 Å². The molecule has 2 aliphatic rings. The Hall–Kier alpha value is -0.120. The minimum absolute atomic E-state index is 0.0796. The van der Waals surface area contributed by atoms with Crippen LogP contribution in [0.4, 0.5) is 0 Å². The van der Waals surface area contributed by atoms with Crippen molar-refractivity contribution in [3.8, 4) is 0 Å². The predicted octanol–water partition coefficient (Wildman–Crippen LogP) is 0.919. The second-order valence-corrected chi connectivity index (χ2v) is 4.31. The van der Waals surface area contributed by atoms with E-state index in [9.17, 15) is 0 Å². The molecule has 0 spiro atoms. The van der Waals surface area contributed by atoms with Gasteiger partial charge in [-0.05, 0) is 32.1 Å². The monoisotopic (exact) mass is 185 g/mol. The molecule has 0 radical (unpaired) electrons. The van der Waals surface area contributed by atoms with E-state index in [1.165, 1.54) is 0 Å². The highest BCUT2D eigenvalue weighted by molar-refractivity contribution is 4.97. The molecule has 0 aliphatic carbocycles. The molecule has 2 N–H and O–H groups in total. The van der Waals surface area contributed by atoms with Crippen molar-refractivity contribution < 1.29 is 9.47 Å². The van der Waals surface area contributed by atoms with E-state index in [1.54, 1.807) is 0 Å². The van der Waals surface area contributed by atoms with Crippen LogP contribution in [0.5, 0.6) is 0 Å². The zero-order chi connectivity index (χ0) is 9.31. The van der Waals surface area contributed by atoms with Crippen molar-refractivity contribution >= 4 is 0 Å². The zero-order valence-electron chi connectivity index (χ0n) is 8.29. The van der Waals surface area contributed by atoms with Gasteiger partial charge in [0, 0.05) is 25.9 Å². The van der Waals surface area contributed by atoms with E-state index in [-0.39, 0.29) is 11.6 Å². The van der Waals surface area contributed by atoms with Crippen LogP contribution < -0.4 is 5.73 Å². The fourth-order valence-corrected chi connectivity index (χ4v) is 2.49. The van der Waals surface area contributed by atoms with Gasteiger partial charge in [-0.25, -0.2) is 0 Å². The van der Waals surface area contributed by atoms with Crippen LogP contribution in [-0.2, 0) is 9.47 Å². The maximum Gasteiger partial charge on any atom is 0.0835 e.